The first-order valence-corrected chi connectivity index (χ1v) is 9.32. The Morgan fingerprint density at radius 1 is 1.46 bits per heavy atom. The second kappa shape index (κ2) is 9.12. The standard InChI is InChI=1S/C17H13BrClNO5S/c1-3-5-20-16(22)13(26-17(20)23)8-10-6-11(18)15(12(19)7-10)25-9-14(21)24-4-2/h1,6-8H,4-5,9H2,2H3/b13-8+. The number of halogens is 2. The van der Waals surface area contributed by atoms with Gasteiger partial charge in [0.1, 0.15) is 0 Å². The summed E-state index contributed by atoms with van der Waals surface area (Å²) < 4.78 is 10.6. The minimum atomic E-state index is -0.512. The molecule has 0 unspecified atom stereocenters. The molecule has 0 N–H and O–H groups in total. The molecule has 1 aromatic rings. The summed E-state index contributed by atoms with van der Waals surface area (Å²) in [6.45, 7) is 1.59. The minimum Gasteiger partial charge on any atom is -0.479 e. The molecule has 0 aliphatic carbocycles. The highest BCUT2D eigenvalue weighted by atomic mass is 79.9. The van der Waals surface area contributed by atoms with Crippen LogP contribution >= 0.6 is 39.3 Å². The highest BCUT2D eigenvalue weighted by Crippen LogP contribution is 2.37. The summed E-state index contributed by atoms with van der Waals surface area (Å²) in [4.78, 5) is 36.6. The molecule has 136 valence electrons. The average molecular weight is 459 g/mol. The van der Waals surface area contributed by atoms with Crippen LogP contribution < -0.4 is 4.74 Å². The van der Waals surface area contributed by atoms with E-state index < -0.39 is 17.1 Å². The fourth-order valence-electron chi connectivity index (χ4n) is 2.01. The molecule has 1 aliphatic heterocycles. The van der Waals surface area contributed by atoms with Gasteiger partial charge in [0, 0.05) is 0 Å². The lowest BCUT2D eigenvalue weighted by Crippen LogP contribution is -2.28. The monoisotopic (exact) mass is 457 g/mol. The van der Waals surface area contributed by atoms with E-state index in [1.165, 1.54) is 6.08 Å². The molecular formula is C17H13BrClNO5S. The normalized spacial score (nSPS) is 15.3. The SMILES string of the molecule is C#CCN1C(=O)S/C(=C/c2cc(Cl)c(OCC(=O)OCC)c(Br)c2)C1=O. The van der Waals surface area contributed by atoms with Crippen molar-refractivity contribution in [2.75, 3.05) is 19.8 Å². The van der Waals surface area contributed by atoms with Gasteiger partial charge in [0.2, 0.25) is 0 Å². The number of amides is 2. The van der Waals surface area contributed by atoms with Crippen LogP contribution in [0.25, 0.3) is 6.08 Å². The number of benzene rings is 1. The molecule has 1 aromatic carbocycles. The number of imide groups is 1. The van der Waals surface area contributed by atoms with Crippen LogP contribution in [0.3, 0.4) is 0 Å². The van der Waals surface area contributed by atoms with E-state index in [9.17, 15) is 14.4 Å². The van der Waals surface area contributed by atoms with E-state index in [4.69, 9.17) is 27.5 Å². The predicted octanol–water partition coefficient (Wildman–Crippen LogP) is 3.71. The number of esters is 1. The Bertz CT molecular complexity index is 810. The summed E-state index contributed by atoms with van der Waals surface area (Å²) >= 11 is 10.3. The van der Waals surface area contributed by atoms with Crippen LogP contribution in [-0.4, -0.2) is 41.8 Å². The number of ether oxygens (including phenoxy) is 2. The smallest absolute Gasteiger partial charge is 0.344 e. The van der Waals surface area contributed by atoms with E-state index in [2.05, 4.69) is 21.9 Å². The Morgan fingerprint density at radius 3 is 2.81 bits per heavy atom. The van der Waals surface area contributed by atoms with E-state index in [1.807, 2.05) is 0 Å². The van der Waals surface area contributed by atoms with Gasteiger partial charge in [-0.05, 0) is 58.4 Å². The van der Waals surface area contributed by atoms with E-state index >= 15 is 0 Å². The zero-order valence-corrected chi connectivity index (χ0v) is 16.7. The molecule has 26 heavy (non-hydrogen) atoms. The van der Waals surface area contributed by atoms with E-state index in [1.54, 1.807) is 19.1 Å². The molecule has 0 spiro atoms. The van der Waals surface area contributed by atoms with Crippen molar-refractivity contribution in [2.45, 2.75) is 6.92 Å². The van der Waals surface area contributed by atoms with Crippen molar-refractivity contribution in [1.29, 1.82) is 0 Å². The number of carbonyl (C=O) groups excluding carboxylic acids is 3. The molecule has 1 saturated heterocycles. The van der Waals surface area contributed by atoms with Crippen molar-refractivity contribution in [3.05, 3.63) is 32.1 Å². The second-order valence-electron chi connectivity index (χ2n) is 4.88. The van der Waals surface area contributed by atoms with Crippen LogP contribution in [0.4, 0.5) is 4.79 Å². The molecule has 9 heteroatoms. The van der Waals surface area contributed by atoms with Gasteiger partial charge in [-0.25, -0.2) is 4.79 Å². The molecule has 2 rings (SSSR count). The Balaban J connectivity index is 2.20. The number of terminal acetylenes is 1. The third-order valence-corrected chi connectivity index (χ3v) is 4.86. The molecule has 2 amide bonds. The molecule has 0 bridgehead atoms. The highest BCUT2D eigenvalue weighted by molar-refractivity contribution is 9.10. The summed E-state index contributed by atoms with van der Waals surface area (Å²) in [5, 5.41) is -0.184. The molecule has 0 aromatic heterocycles. The number of hydrogen-bond acceptors (Lipinski definition) is 6. The summed E-state index contributed by atoms with van der Waals surface area (Å²) in [7, 11) is 0. The van der Waals surface area contributed by atoms with Gasteiger partial charge in [-0.15, -0.1) is 6.42 Å². The minimum absolute atomic E-state index is 0.0763. The Labute approximate surface area is 168 Å². The lowest BCUT2D eigenvalue weighted by Gasteiger charge is -2.11. The fourth-order valence-corrected chi connectivity index (χ4v) is 3.84. The predicted molar refractivity (Wildman–Crippen MR) is 103 cm³/mol. The number of carbonyl (C=O) groups is 3. The van der Waals surface area contributed by atoms with Crippen molar-refractivity contribution in [1.82, 2.24) is 4.90 Å². The van der Waals surface area contributed by atoms with E-state index in [-0.39, 0.29) is 35.4 Å². The van der Waals surface area contributed by atoms with Crippen LogP contribution in [0, 0.1) is 12.3 Å². The first-order chi connectivity index (χ1) is 12.4. The lowest BCUT2D eigenvalue weighted by molar-refractivity contribution is -0.145. The largest absolute Gasteiger partial charge is 0.479 e. The summed E-state index contributed by atoms with van der Waals surface area (Å²) in [5.74, 6) is 1.59. The highest BCUT2D eigenvalue weighted by Gasteiger charge is 2.34. The zero-order valence-electron chi connectivity index (χ0n) is 13.6. The first kappa shape index (κ1) is 20.4. The Morgan fingerprint density at radius 2 is 2.19 bits per heavy atom. The molecular weight excluding hydrogens is 446 g/mol. The molecule has 0 saturated carbocycles. The van der Waals surface area contributed by atoms with Crippen molar-refractivity contribution in [3.8, 4) is 18.1 Å². The maximum atomic E-state index is 12.2. The van der Waals surface area contributed by atoms with E-state index in [0.717, 1.165) is 16.7 Å². The van der Waals surface area contributed by atoms with Gasteiger partial charge in [-0.3, -0.25) is 14.5 Å². The topological polar surface area (TPSA) is 72.9 Å². The van der Waals surface area contributed by atoms with Gasteiger partial charge in [0.15, 0.2) is 12.4 Å². The van der Waals surface area contributed by atoms with Gasteiger partial charge in [0.25, 0.3) is 11.1 Å². The van der Waals surface area contributed by atoms with Gasteiger partial charge < -0.3 is 9.47 Å². The third-order valence-electron chi connectivity index (χ3n) is 3.08. The van der Waals surface area contributed by atoms with Crippen molar-refractivity contribution < 1.29 is 23.9 Å². The Hall–Kier alpha value is -1.95. The molecule has 1 heterocycles. The third kappa shape index (κ3) is 4.81. The summed E-state index contributed by atoms with van der Waals surface area (Å²) in [6, 6.07) is 3.21. The molecule has 6 nitrogen and oxygen atoms in total. The number of thioether (sulfide) groups is 1. The van der Waals surface area contributed by atoms with Crippen LogP contribution in [0.2, 0.25) is 5.02 Å². The quantitative estimate of drug-likeness (QED) is 0.368. The maximum absolute atomic E-state index is 12.2. The van der Waals surface area contributed by atoms with Gasteiger partial charge in [0.05, 0.1) is 27.6 Å². The summed E-state index contributed by atoms with van der Waals surface area (Å²) in [5.41, 5.74) is 0.580. The van der Waals surface area contributed by atoms with Crippen molar-refractivity contribution in [2.24, 2.45) is 0 Å². The van der Waals surface area contributed by atoms with E-state index in [0.29, 0.717) is 10.0 Å². The maximum Gasteiger partial charge on any atom is 0.344 e. The zero-order chi connectivity index (χ0) is 19.3. The van der Waals surface area contributed by atoms with Gasteiger partial charge in [-0.1, -0.05) is 17.5 Å². The van der Waals surface area contributed by atoms with Gasteiger partial charge in [-0.2, -0.15) is 0 Å². The molecule has 1 aliphatic rings. The Kier molecular flexibility index (Phi) is 7.14. The molecule has 0 atom stereocenters. The van der Waals surface area contributed by atoms with Crippen LogP contribution in [-0.2, 0) is 14.3 Å². The van der Waals surface area contributed by atoms with Crippen molar-refractivity contribution in [3.63, 3.8) is 0 Å². The fraction of sp³-hybridized carbons (Fsp3) is 0.235. The average Bonchev–Trinajstić information content (AvgIpc) is 2.82. The number of nitrogens with zero attached hydrogens (tertiary/aromatic N) is 1. The lowest BCUT2D eigenvalue weighted by atomic mass is 10.2. The number of hydrogen-bond donors (Lipinski definition) is 0. The van der Waals surface area contributed by atoms with Crippen LogP contribution in [0.1, 0.15) is 12.5 Å². The number of rotatable bonds is 6. The van der Waals surface area contributed by atoms with Gasteiger partial charge >= 0.3 is 5.97 Å². The van der Waals surface area contributed by atoms with Crippen LogP contribution in [0.15, 0.2) is 21.5 Å². The second-order valence-corrected chi connectivity index (χ2v) is 7.13. The van der Waals surface area contributed by atoms with Crippen molar-refractivity contribution >= 4 is 62.5 Å². The molecule has 1 fully saturated rings. The molecule has 0 radical (unpaired) electrons. The first-order valence-electron chi connectivity index (χ1n) is 7.33. The van der Waals surface area contributed by atoms with Crippen LogP contribution in [0.5, 0.6) is 5.75 Å². The summed E-state index contributed by atoms with van der Waals surface area (Å²) in [6.07, 6.45) is 6.70.